The van der Waals surface area contributed by atoms with Crippen LogP contribution in [0.25, 0.3) is 33.2 Å². The molecule has 0 saturated heterocycles. The lowest BCUT2D eigenvalue weighted by Crippen LogP contribution is -2.13. The number of carbonyl (C=O) groups excluding carboxylic acids is 1. The maximum atomic E-state index is 14.1. The number of rotatable bonds is 2. The van der Waals surface area contributed by atoms with Crippen molar-refractivity contribution in [3.63, 3.8) is 0 Å². The van der Waals surface area contributed by atoms with E-state index < -0.39 is 17.5 Å². The first-order valence-corrected chi connectivity index (χ1v) is 6.45. The highest BCUT2D eigenvalue weighted by Gasteiger charge is 2.20. The number of primary amides is 1. The van der Waals surface area contributed by atoms with Crippen LogP contribution in [0.1, 0.15) is 10.5 Å². The van der Waals surface area contributed by atoms with Crippen LogP contribution in [0.2, 0.25) is 0 Å². The molecule has 0 saturated carbocycles. The normalized spacial score (nSPS) is 11.5. The smallest absolute Gasteiger partial charge is 0.267 e. The van der Waals surface area contributed by atoms with Crippen molar-refractivity contribution in [3.8, 4) is 11.1 Å². The van der Waals surface area contributed by atoms with E-state index in [9.17, 15) is 13.6 Å². The number of nitrogens with zero attached hydrogens (tertiary/aromatic N) is 1. The van der Waals surface area contributed by atoms with Crippen molar-refractivity contribution in [1.82, 2.24) is 4.98 Å². The van der Waals surface area contributed by atoms with Gasteiger partial charge in [0.1, 0.15) is 28.4 Å². The van der Waals surface area contributed by atoms with Crippen LogP contribution in [0, 0.1) is 11.6 Å². The number of hydrogen-bond acceptors (Lipinski definition) is 3. The molecule has 108 valence electrons. The Morgan fingerprint density at radius 3 is 2.55 bits per heavy atom. The highest BCUT2D eigenvalue weighted by Crippen LogP contribution is 2.38. The molecule has 4 aromatic rings. The number of nitrogens with two attached hydrogens (primary N) is 1. The predicted octanol–water partition coefficient (Wildman–Crippen LogP) is 3.46. The van der Waals surface area contributed by atoms with Crippen molar-refractivity contribution in [3.05, 3.63) is 53.7 Å². The second kappa shape index (κ2) is 4.24. The van der Waals surface area contributed by atoms with E-state index in [1.165, 1.54) is 12.1 Å². The minimum Gasteiger partial charge on any atom is -0.454 e. The fourth-order valence-electron chi connectivity index (χ4n) is 2.62. The van der Waals surface area contributed by atoms with Gasteiger partial charge in [-0.3, -0.25) is 4.79 Å². The van der Waals surface area contributed by atoms with Crippen molar-refractivity contribution in [2.24, 2.45) is 5.73 Å². The zero-order valence-corrected chi connectivity index (χ0v) is 11.1. The molecule has 22 heavy (non-hydrogen) atoms. The van der Waals surface area contributed by atoms with Gasteiger partial charge in [0.05, 0.1) is 5.39 Å². The van der Waals surface area contributed by atoms with Gasteiger partial charge in [-0.15, -0.1) is 0 Å². The van der Waals surface area contributed by atoms with Gasteiger partial charge in [0.15, 0.2) is 5.58 Å². The maximum Gasteiger partial charge on any atom is 0.267 e. The Morgan fingerprint density at radius 2 is 1.82 bits per heavy atom. The second-order valence-corrected chi connectivity index (χ2v) is 4.93. The Bertz CT molecular complexity index is 1040. The van der Waals surface area contributed by atoms with Crippen molar-refractivity contribution >= 4 is 28.0 Å². The van der Waals surface area contributed by atoms with Gasteiger partial charge >= 0.3 is 0 Å². The summed E-state index contributed by atoms with van der Waals surface area (Å²) in [6, 6.07) is 8.08. The average Bonchev–Trinajstić information content (AvgIpc) is 3.08. The summed E-state index contributed by atoms with van der Waals surface area (Å²) in [6.07, 6.45) is 0. The van der Waals surface area contributed by atoms with E-state index >= 15 is 0 Å². The third-order valence-corrected chi connectivity index (χ3v) is 3.58. The Kier molecular flexibility index (Phi) is 2.45. The fourth-order valence-corrected chi connectivity index (χ4v) is 2.62. The zero-order chi connectivity index (χ0) is 15.4. The summed E-state index contributed by atoms with van der Waals surface area (Å²) in [5.74, 6) is -2.15. The number of aromatic nitrogens is 1. The molecule has 1 amide bonds. The minimum atomic E-state index is -0.735. The number of fused-ring (bicyclic) bond motifs is 5. The lowest BCUT2D eigenvalue weighted by atomic mass is 9.99. The van der Waals surface area contributed by atoms with Crippen LogP contribution in [0.15, 0.2) is 40.8 Å². The lowest BCUT2D eigenvalue weighted by Gasteiger charge is -2.07. The second-order valence-electron chi connectivity index (χ2n) is 4.93. The van der Waals surface area contributed by atoms with Gasteiger partial charge in [0.2, 0.25) is 0 Å². The molecule has 0 radical (unpaired) electrons. The molecule has 2 bridgehead atoms. The molecule has 0 aliphatic carbocycles. The third kappa shape index (κ3) is 1.67. The van der Waals surface area contributed by atoms with E-state index in [2.05, 4.69) is 4.98 Å². The third-order valence-electron chi connectivity index (χ3n) is 3.58. The van der Waals surface area contributed by atoms with Gasteiger partial charge in [-0.25, -0.2) is 13.8 Å². The van der Waals surface area contributed by atoms with Gasteiger partial charge < -0.3 is 10.2 Å². The summed E-state index contributed by atoms with van der Waals surface area (Å²) in [7, 11) is 0. The van der Waals surface area contributed by atoms with E-state index in [1.54, 1.807) is 12.1 Å². The van der Waals surface area contributed by atoms with Crippen LogP contribution < -0.4 is 5.73 Å². The van der Waals surface area contributed by atoms with Crippen LogP contribution in [-0.2, 0) is 0 Å². The van der Waals surface area contributed by atoms with Crippen LogP contribution in [0.4, 0.5) is 8.78 Å². The van der Waals surface area contributed by atoms with E-state index in [0.717, 1.165) is 12.1 Å². The van der Waals surface area contributed by atoms with Crippen LogP contribution in [0.5, 0.6) is 0 Å². The number of benzene rings is 2. The molecule has 4 nitrogen and oxygen atoms in total. The molecule has 1 aromatic carbocycles. The molecule has 0 spiro atoms. The summed E-state index contributed by atoms with van der Waals surface area (Å²) in [5.41, 5.74) is 7.27. The molecule has 6 heteroatoms. The fraction of sp³-hybridized carbons (Fsp3) is 0. The molecule has 2 N–H and O–H groups in total. The first-order chi connectivity index (χ1) is 10.5. The molecule has 0 atom stereocenters. The topological polar surface area (TPSA) is 69.1 Å². The first kappa shape index (κ1) is 12.7. The Hall–Kier alpha value is -3.02. The largest absolute Gasteiger partial charge is 0.454 e. The van der Waals surface area contributed by atoms with Crippen molar-refractivity contribution in [1.29, 1.82) is 0 Å². The number of amides is 1. The van der Waals surface area contributed by atoms with E-state index in [4.69, 9.17) is 10.2 Å². The van der Waals surface area contributed by atoms with Gasteiger partial charge in [0, 0.05) is 17.2 Å². The number of carbonyl (C=O) groups is 1. The van der Waals surface area contributed by atoms with Gasteiger partial charge in [-0.2, -0.15) is 0 Å². The molecule has 0 unspecified atom stereocenters. The molecule has 4 rings (SSSR count). The van der Waals surface area contributed by atoms with Gasteiger partial charge in [-0.05, 0) is 30.3 Å². The summed E-state index contributed by atoms with van der Waals surface area (Å²) in [6.45, 7) is 0. The Labute approximate surface area is 122 Å². The number of furan rings is 2. The minimum absolute atomic E-state index is 0.00451. The summed E-state index contributed by atoms with van der Waals surface area (Å²) in [5, 5.41) is 0.577. The highest BCUT2D eigenvalue weighted by atomic mass is 19.1. The lowest BCUT2D eigenvalue weighted by molar-refractivity contribution is 0.0996. The van der Waals surface area contributed by atoms with Crippen molar-refractivity contribution in [2.45, 2.75) is 0 Å². The SMILES string of the molecule is NC(=O)c1cc(-c2ccc(F)cc2F)c2c3ccc(o3)c2n1. The number of hydrogen-bond donors (Lipinski definition) is 1. The molecular weight excluding hydrogens is 290 g/mol. The predicted molar refractivity (Wildman–Crippen MR) is 76.6 cm³/mol. The maximum absolute atomic E-state index is 14.1. The summed E-state index contributed by atoms with van der Waals surface area (Å²) in [4.78, 5) is 15.6. The average molecular weight is 298 g/mol. The Balaban J connectivity index is 2.13. The van der Waals surface area contributed by atoms with Crippen LogP contribution >= 0.6 is 0 Å². The van der Waals surface area contributed by atoms with Crippen molar-refractivity contribution in [2.75, 3.05) is 0 Å². The number of pyridine rings is 1. The molecule has 3 aromatic heterocycles. The zero-order valence-electron chi connectivity index (χ0n) is 11.1. The first-order valence-electron chi connectivity index (χ1n) is 6.45. The molecule has 0 aliphatic heterocycles. The molecule has 0 fully saturated rings. The van der Waals surface area contributed by atoms with Crippen LogP contribution in [-0.4, -0.2) is 10.9 Å². The number of halogens is 2. The molecule has 0 aliphatic rings. The monoisotopic (exact) mass is 298 g/mol. The summed E-state index contributed by atoms with van der Waals surface area (Å²) < 4.78 is 32.8. The quantitative estimate of drug-likeness (QED) is 0.616. The molecule has 3 heterocycles. The standard InChI is InChI=1S/C16H8F2N2O2/c17-7-1-2-8(10(18)5-7)9-6-11(16(19)21)20-15-13-4-3-12(22-13)14(9)15/h1-6H,(H2,19,21). The van der Waals surface area contributed by atoms with Crippen molar-refractivity contribution < 1.29 is 18.0 Å². The van der Waals surface area contributed by atoms with Gasteiger partial charge in [-0.1, -0.05) is 0 Å². The van der Waals surface area contributed by atoms with E-state index in [1.807, 2.05) is 0 Å². The van der Waals surface area contributed by atoms with Gasteiger partial charge in [0.25, 0.3) is 5.91 Å². The van der Waals surface area contributed by atoms with E-state index in [-0.39, 0.29) is 11.3 Å². The van der Waals surface area contributed by atoms with E-state index in [0.29, 0.717) is 27.6 Å². The Morgan fingerprint density at radius 1 is 1.05 bits per heavy atom. The highest BCUT2D eigenvalue weighted by molar-refractivity contribution is 6.13. The summed E-state index contributed by atoms with van der Waals surface area (Å²) >= 11 is 0. The molecular formula is C16H8F2N2O2. The van der Waals surface area contributed by atoms with Crippen LogP contribution in [0.3, 0.4) is 0 Å².